The normalized spacial score (nSPS) is 15.1. The summed E-state index contributed by atoms with van der Waals surface area (Å²) < 4.78 is 31.6. The van der Waals surface area contributed by atoms with E-state index in [0.717, 1.165) is 12.0 Å². The fraction of sp³-hybridized carbons (Fsp3) is 0.538. The summed E-state index contributed by atoms with van der Waals surface area (Å²) in [5.74, 6) is 0.864. The third-order valence-corrected chi connectivity index (χ3v) is 4.88. The van der Waals surface area contributed by atoms with Crippen LogP contribution in [0.2, 0.25) is 0 Å². The molecule has 5 heteroatoms. The van der Waals surface area contributed by atoms with Crippen molar-refractivity contribution in [1.82, 2.24) is 0 Å². The van der Waals surface area contributed by atoms with Crippen molar-refractivity contribution in [3.05, 3.63) is 23.8 Å². The Morgan fingerprint density at radius 1 is 1.39 bits per heavy atom. The van der Waals surface area contributed by atoms with Gasteiger partial charge in [0.2, 0.25) is 10.0 Å². The second-order valence-corrected chi connectivity index (χ2v) is 6.57. The van der Waals surface area contributed by atoms with E-state index < -0.39 is 10.0 Å². The van der Waals surface area contributed by atoms with Crippen molar-refractivity contribution in [3.63, 3.8) is 0 Å². The largest absolute Gasteiger partial charge is 0.489 e. The molecule has 2 rings (SSSR count). The average Bonchev–Trinajstić information content (AvgIpc) is 2.35. The summed E-state index contributed by atoms with van der Waals surface area (Å²) >= 11 is 0. The molecule has 4 nitrogen and oxygen atoms in total. The molecule has 0 saturated heterocycles. The number of fused-ring (bicyclic) bond motifs is 1. The first-order valence-corrected chi connectivity index (χ1v) is 7.89. The summed E-state index contributed by atoms with van der Waals surface area (Å²) in [6.07, 6.45) is 1.57. The van der Waals surface area contributed by atoms with Crippen LogP contribution in [0.3, 0.4) is 0 Å². The van der Waals surface area contributed by atoms with Gasteiger partial charge in [0.25, 0.3) is 0 Å². The van der Waals surface area contributed by atoms with Gasteiger partial charge >= 0.3 is 0 Å². The van der Waals surface area contributed by atoms with Crippen LogP contribution in [-0.4, -0.2) is 27.3 Å². The second kappa shape index (κ2) is 5.18. The summed E-state index contributed by atoms with van der Waals surface area (Å²) in [7, 11) is -3.22. The van der Waals surface area contributed by atoms with E-state index in [0.29, 0.717) is 31.0 Å². The monoisotopic (exact) mass is 269 g/mol. The first-order valence-electron chi connectivity index (χ1n) is 6.28. The summed E-state index contributed by atoms with van der Waals surface area (Å²) in [4.78, 5) is 0. The van der Waals surface area contributed by atoms with Gasteiger partial charge in [0.1, 0.15) is 12.4 Å². The first-order chi connectivity index (χ1) is 8.54. The Bertz CT molecular complexity index is 525. The number of unbranched alkanes of at least 4 members (excludes halogenated alkanes) is 1. The number of hydrogen-bond donors (Lipinski definition) is 0. The number of rotatable bonds is 4. The van der Waals surface area contributed by atoms with Crippen LogP contribution < -0.4 is 9.04 Å². The Labute approximate surface area is 109 Å². The minimum atomic E-state index is -3.22. The van der Waals surface area contributed by atoms with Crippen LogP contribution in [-0.2, 0) is 10.0 Å². The highest BCUT2D eigenvalue weighted by Crippen LogP contribution is 2.34. The number of anilines is 1. The highest BCUT2D eigenvalue weighted by Gasteiger charge is 2.27. The number of ether oxygens (including phenoxy) is 1. The zero-order valence-corrected chi connectivity index (χ0v) is 11.7. The Morgan fingerprint density at radius 2 is 2.17 bits per heavy atom. The van der Waals surface area contributed by atoms with Gasteiger partial charge in [-0.25, -0.2) is 8.42 Å². The fourth-order valence-electron chi connectivity index (χ4n) is 2.03. The standard InChI is InChI=1S/C13H19NO3S/c1-3-4-9-18(15,16)14-7-8-17-13-6-5-11(2)10-12(13)14/h5-6,10H,3-4,7-9H2,1-2H3. The Hall–Kier alpha value is -1.23. The van der Waals surface area contributed by atoms with Crippen LogP contribution in [0, 0.1) is 6.92 Å². The fourth-order valence-corrected chi connectivity index (χ4v) is 3.70. The maximum Gasteiger partial charge on any atom is 0.235 e. The number of nitrogens with zero attached hydrogens (tertiary/aromatic N) is 1. The topological polar surface area (TPSA) is 46.6 Å². The second-order valence-electron chi connectivity index (χ2n) is 4.56. The number of hydrogen-bond acceptors (Lipinski definition) is 3. The van der Waals surface area contributed by atoms with Crippen molar-refractivity contribution in [2.45, 2.75) is 26.7 Å². The van der Waals surface area contributed by atoms with E-state index in [1.165, 1.54) is 4.31 Å². The van der Waals surface area contributed by atoms with Crippen molar-refractivity contribution >= 4 is 15.7 Å². The van der Waals surface area contributed by atoms with Crippen molar-refractivity contribution in [2.75, 3.05) is 23.2 Å². The van der Waals surface area contributed by atoms with Gasteiger partial charge in [-0.1, -0.05) is 19.4 Å². The highest BCUT2D eigenvalue weighted by atomic mass is 32.2. The summed E-state index contributed by atoms with van der Waals surface area (Å²) in [5.41, 5.74) is 1.72. The minimum absolute atomic E-state index is 0.205. The molecule has 1 heterocycles. The van der Waals surface area contributed by atoms with Gasteiger partial charge < -0.3 is 4.74 Å². The van der Waals surface area contributed by atoms with E-state index in [1.54, 1.807) is 0 Å². The molecule has 0 aliphatic carbocycles. The van der Waals surface area contributed by atoms with E-state index in [9.17, 15) is 8.42 Å². The third-order valence-electron chi connectivity index (χ3n) is 3.03. The summed E-state index contributed by atoms with van der Waals surface area (Å²) in [6.45, 7) is 4.77. The van der Waals surface area contributed by atoms with Gasteiger partial charge in [-0.05, 0) is 31.0 Å². The molecule has 0 saturated carbocycles. The number of aryl methyl sites for hydroxylation is 1. The number of benzene rings is 1. The van der Waals surface area contributed by atoms with Gasteiger partial charge in [-0.3, -0.25) is 4.31 Å². The first kappa shape index (κ1) is 13.2. The lowest BCUT2D eigenvalue weighted by atomic mass is 10.2. The molecule has 0 N–H and O–H groups in total. The van der Waals surface area contributed by atoms with E-state index in [-0.39, 0.29) is 5.75 Å². The molecule has 1 aliphatic heterocycles. The molecular formula is C13H19NO3S. The lowest BCUT2D eigenvalue weighted by molar-refractivity contribution is 0.315. The molecule has 0 radical (unpaired) electrons. The van der Waals surface area contributed by atoms with Crippen LogP contribution in [0.4, 0.5) is 5.69 Å². The molecular weight excluding hydrogens is 250 g/mol. The minimum Gasteiger partial charge on any atom is -0.489 e. The van der Waals surface area contributed by atoms with Crippen molar-refractivity contribution in [2.24, 2.45) is 0 Å². The van der Waals surface area contributed by atoms with E-state index in [1.807, 2.05) is 32.0 Å². The predicted octanol–water partition coefficient (Wildman–Crippen LogP) is 2.32. The maximum absolute atomic E-state index is 12.3. The van der Waals surface area contributed by atoms with Crippen LogP contribution in [0.25, 0.3) is 0 Å². The van der Waals surface area contributed by atoms with Gasteiger partial charge in [0, 0.05) is 0 Å². The van der Waals surface area contributed by atoms with E-state index in [2.05, 4.69) is 0 Å². The van der Waals surface area contributed by atoms with Crippen LogP contribution in [0.15, 0.2) is 18.2 Å². The smallest absolute Gasteiger partial charge is 0.235 e. The lowest BCUT2D eigenvalue weighted by Crippen LogP contribution is -2.39. The van der Waals surface area contributed by atoms with E-state index in [4.69, 9.17) is 4.74 Å². The zero-order valence-electron chi connectivity index (χ0n) is 10.8. The van der Waals surface area contributed by atoms with Crippen molar-refractivity contribution in [3.8, 4) is 5.75 Å². The van der Waals surface area contributed by atoms with E-state index >= 15 is 0 Å². The molecule has 0 unspecified atom stereocenters. The van der Waals surface area contributed by atoms with Gasteiger partial charge in [0.15, 0.2) is 0 Å². The zero-order chi connectivity index (χ0) is 13.2. The molecule has 0 amide bonds. The molecule has 1 aromatic rings. The molecule has 0 spiro atoms. The van der Waals surface area contributed by atoms with Gasteiger partial charge in [-0.2, -0.15) is 0 Å². The van der Waals surface area contributed by atoms with Crippen molar-refractivity contribution in [1.29, 1.82) is 0 Å². The average molecular weight is 269 g/mol. The van der Waals surface area contributed by atoms with Crippen LogP contribution >= 0.6 is 0 Å². The van der Waals surface area contributed by atoms with Gasteiger partial charge in [-0.15, -0.1) is 0 Å². The molecule has 0 fully saturated rings. The quantitative estimate of drug-likeness (QED) is 0.842. The molecule has 1 aromatic carbocycles. The Kier molecular flexibility index (Phi) is 3.80. The molecule has 0 atom stereocenters. The molecule has 1 aliphatic rings. The highest BCUT2D eigenvalue weighted by molar-refractivity contribution is 7.92. The number of sulfonamides is 1. The summed E-state index contributed by atoms with van der Waals surface area (Å²) in [5, 5.41) is 0. The molecule has 18 heavy (non-hydrogen) atoms. The third kappa shape index (κ3) is 2.61. The molecule has 100 valence electrons. The Balaban J connectivity index is 2.35. The van der Waals surface area contributed by atoms with Gasteiger partial charge in [0.05, 0.1) is 18.0 Å². The maximum atomic E-state index is 12.3. The molecule has 0 bridgehead atoms. The van der Waals surface area contributed by atoms with Crippen LogP contribution in [0.1, 0.15) is 25.3 Å². The SMILES string of the molecule is CCCCS(=O)(=O)N1CCOc2ccc(C)cc21. The Morgan fingerprint density at radius 3 is 2.89 bits per heavy atom. The lowest BCUT2D eigenvalue weighted by Gasteiger charge is -2.30. The van der Waals surface area contributed by atoms with Crippen LogP contribution in [0.5, 0.6) is 5.75 Å². The van der Waals surface area contributed by atoms with Crippen molar-refractivity contribution < 1.29 is 13.2 Å². The summed E-state index contributed by atoms with van der Waals surface area (Å²) in [6, 6.07) is 5.64. The molecule has 0 aromatic heterocycles. The predicted molar refractivity (Wildman–Crippen MR) is 72.7 cm³/mol.